The quantitative estimate of drug-likeness (QED) is 0.542. The SMILES string of the molecule is C[C@H](Nc1nc(N)nc(NCCc2cccc(Br)c2)n1)c1ccccc1. The minimum absolute atomic E-state index is 0.0625. The lowest BCUT2D eigenvalue weighted by atomic mass is 10.1. The van der Waals surface area contributed by atoms with E-state index in [1.807, 2.05) is 30.3 Å². The molecule has 0 saturated carbocycles. The largest absolute Gasteiger partial charge is 0.368 e. The topological polar surface area (TPSA) is 88.8 Å². The van der Waals surface area contributed by atoms with Crippen LogP contribution in [0.2, 0.25) is 0 Å². The normalized spacial score (nSPS) is 11.8. The van der Waals surface area contributed by atoms with Crippen LogP contribution in [-0.4, -0.2) is 21.5 Å². The Morgan fingerprint density at radius 1 is 1.00 bits per heavy atom. The lowest BCUT2D eigenvalue weighted by Gasteiger charge is -2.15. The van der Waals surface area contributed by atoms with Crippen molar-refractivity contribution in [1.29, 1.82) is 0 Å². The Bertz CT molecular complexity index is 856. The number of nitrogens with one attached hydrogen (secondary N) is 2. The van der Waals surface area contributed by atoms with Gasteiger partial charge in [-0.05, 0) is 36.6 Å². The number of anilines is 3. The molecule has 2 aromatic carbocycles. The molecule has 0 aliphatic heterocycles. The first-order valence-electron chi connectivity index (χ1n) is 8.41. The zero-order valence-electron chi connectivity index (χ0n) is 14.5. The van der Waals surface area contributed by atoms with Crippen LogP contribution in [0.5, 0.6) is 0 Å². The van der Waals surface area contributed by atoms with Gasteiger partial charge in [0.2, 0.25) is 17.8 Å². The fourth-order valence-electron chi connectivity index (χ4n) is 2.57. The summed E-state index contributed by atoms with van der Waals surface area (Å²) in [5.41, 5.74) is 8.20. The van der Waals surface area contributed by atoms with Crippen LogP contribution in [-0.2, 0) is 6.42 Å². The number of rotatable bonds is 7. The minimum atomic E-state index is 0.0625. The molecule has 4 N–H and O–H groups in total. The summed E-state index contributed by atoms with van der Waals surface area (Å²) >= 11 is 3.48. The highest BCUT2D eigenvalue weighted by Gasteiger charge is 2.09. The van der Waals surface area contributed by atoms with Gasteiger partial charge < -0.3 is 16.4 Å². The highest BCUT2D eigenvalue weighted by Crippen LogP contribution is 2.17. The van der Waals surface area contributed by atoms with Crippen molar-refractivity contribution in [1.82, 2.24) is 15.0 Å². The number of benzene rings is 2. The Kier molecular flexibility index (Phi) is 6.01. The third-order valence-corrected chi connectivity index (χ3v) is 4.38. The van der Waals surface area contributed by atoms with E-state index in [-0.39, 0.29) is 12.0 Å². The van der Waals surface area contributed by atoms with Crippen molar-refractivity contribution in [2.24, 2.45) is 0 Å². The molecular formula is C19H21BrN6. The van der Waals surface area contributed by atoms with Gasteiger partial charge in [-0.3, -0.25) is 0 Å². The fraction of sp³-hybridized carbons (Fsp3) is 0.211. The van der Waals surface area contributed by atoms with E-state index in [9.17, 15) is 0 Å². The van der Waals surface area contributed by atoms with Gasteiger partial charge in [0.15, 0.2) is 0 Å². The monoisotopic (exact) mass is 412 g/mol. The van der Waals surface area contributed by atoms with E-state index in [0.29, 0.717) is 18.4 Å². The summed E-state index contributed by atoms with van der Waals surface area (Å²) in [5, 5.41) is 6.48. The number of hydrogen-bond donors (Lipinski definition) is 3. The summed E-state index contributed by atoms with van der Waals surface area (Å²) in [4.78, 5) is 12.7. The van der Waals surface area contributed by atoms with Crippen molar-refractivity contribution in [3.05, 3.63) is 70.2 Å². The average molecular weight is 413 g/mol. The summed E-state index contributed by atoms with van der Waals surface area (Å²) in [6.45, 7) is 2.75. The zero-order valence-corrected chi connectivity index (χ0v) is 16.1. The molecule has 1 atom stereocenters. The lowest BCUT2D eigenvalue weighted by Crippen LogP contribution is -2.14. The van der Waals surface area contributed by atoms with Crippen LogP contribution in [0.1, 0.15) is 24.1 Å². The molecule has 3 rings (SSSR count). The molecule has 0 fully saturated rings. The standard InChI is InChI=1S/C19H21BrN6/c1-13(15-7-3-2-4-8-15)23-19-25-17(21)24-18(26-19)22-11-10-14-6-5-9-16(20)12-14/h2-9,12-13H,10-11H2,1H3,(H4,21,22,23,24,25,26)/t13-/m0/s1. The molecule has 0 aliphatic carbocycles. The first kappa shape index (κ1) is 18.1. The van der Waals surface area contributed by atoms with Gasteiger partial charge in [0, 0.05) is 11.0 Å². The Morgan fingerprint density at radius 2 is 1.77 bits per heavy atom. The average Bonchev–Trinajstić information content (AvgIpc) is 2.62. The van der Waals surface area contributed by atoms with Crippen molar-refractivity contribution in [3.63, 3.8) is 0 Å². The van der Waals surface area contributed by atoms with Crippen LogP contribution in [0.4, 0.5) is 17.8 Å². The van der Waals surface area contributed by atoms with E-state index in [1.165, 1.54) is 5.56 Å². The van der Waals surface area contributed by atoms with Crippen molar-refractivity contribution in [2.45, 2.75) is 19.4 Å². The van der Waals surface area contributed by atoms with E-state index < -0.39 is 0 Å². The van der Waals surface area contributed by atoms with Gasteiger partial charge in [0.25, 0.3) is 0 Å². The molecule has 0 radical (unpaired) electrons. The van der Waals surface area contributed by atoms with Gasteiger partial charge in [-0.1, -0.05) is 58.4 Å². The molecule has 0 saturated heterocycles. The first-order chi connectivity index (χ1) is 12.6. The highest BCUT2D eigenvalue weighted by atomic mass is 79.9. The van der Waals surface area contributed by atoms with Crippen molar-refractivity contribution in [3.8, 4) is 0 Å². The molecule has 0 spiro atoms. The van der Waals surface area contributed by atoms with E-state index in [1.54, 1.807) is 0 Å². The third kappa shape index (κ3) is 5.16. The molecule has 0 aliphatic rings. The summed E-state index contributed by atoms with van der Waals surface area (Å²) in [5.74, 6) is 1.11. The predicted octanol–water partition coefficient (Wildman–Crippen LogP) is 4.04. The molecule has 6 nitrogen and oxygen atoms in total. The fourth-order valence-corrected chi connectivity index (χ4v) is 3.01. The van der Waals surface area contributed by atoms with Gasteiger partial charge in [-0.2, -0.15) is 15.0 Å². The maximum atomic E-state index is 5.83. The zero-order chi connectivity index (χ0) is 18.4. The Hall–Kier alpha value is -2.67. The number of aromatic nitrogens is 3. The van der Waals surface area contributed by atoms with Crippen LogP contribution in [0, 0.1) is 0 Å². The number of halogens is 1. The van der Waals surface area contributed by atoms with Crippen LogP contribution >= 0.6 is 15.9 Å². The second-order valence-corrected chi connectivity index (χ2v) is 6.84. The molecule has 3 aromatic rings. The summed E-state index contributed by atoms with van der Waals surface area (Å²) in [7, 11) is 0. The van der Waals surface area contributed by atoms with E-state index in [0.717, 1.165) is 16.5 Å². The van der Waals surface area contributed by atoms with Crippen molar-refractivity contribution >= 4 is 33.8 Å². The Balaban J connectivity index is 1.62. The van der Waals surface area contributed by atoms with E-state index >= 15 is 0 Å². The van der Waals surface area contributed by atoms with Crippen LogP contribution in [0.25, 0.3) is 0 Å². The van der Waals surface area contributed by atoms with Gasteiger partial charge >= 0.3 is 0 Å². The predicted molar refractivity (Wildman–Crippen MR) is 109 cm³/mol. The maximum absolute atomic E-state index is 5.83. The molecule has 1 aromatic heterocycles. The van der Waals surface area contributed by atoms with Gasteiger partial charge in [-0.25, -0.2) is 0 Å². The Morgan fingerprint density at radius 3 is 2.54 bits per heavy atom. The molecule has 0 unspecified atom stereocenters. The molecule has 0 amide bonds. The summed E-state index contributed by atoms with van der Waals surface area (Å²) in [6, 6.07) is 18.4. The van der Waals surface area contributed by atoms with Crippen LogP contribution < -0.4 is 16.4 Å². The first-order valence-corrected chi connectivity index (χ1v) is 9.21. The van der Waals surface area contributed by atoms with E-state index in [2.05, 4.69) is 72.7 Å². The molecule has 1 heterocycles. The Labute approximate surface area is 161 Å². The lowest BCUT2D eigenvalue weighted by molar-refractivity contribution is 0.854. The van der Waals surface area contributed by atoms with Gasteiger partial charge in [0.1, 0.15) is 0 Å². The number of hydrogen-bond acceptors (Lipinski definition) is 6. The van der Waals surface area contributed by atoms with Gasteiger partial charge in [0.05, 0.1) is 6.04 Å². The third-order valence-electron chi connectivity index (χ3n) is 3.88. The number of nitrogens with two attached hydrogens (primary N) is 1. The molecule has 0 bridgehead atoms. The summed E-state index contributed by atoms with van der Waals surface area (Å²) in [6.07, 6.45) is 0.855. The van der Waals surface area contributed by atoms with Crippen LogP contribution in [0.15, 0.2) is 59.1 Å². The highest BCUT2D eigenvalue weighted by molar-refractivity contribution is 9.10. The molecule has 26 heavy (non-hydrogen) atoms. The second kappa shape index (κ2) is 8.62. The molecule has 134 valence electrons. The smallest absolute Gasteiger partial charge is 0.229 e. The maximum Gasteiger partial charge on any atom is 0.229 e. The molecule has 7 heteroatoms. The van der Waals surface area contributed by atoms with Gasteiger partial charge in [-0.15, -0.1) is 0 Å². The minimum Gasteiger partial charge on any atom is -0.368 e. The second-order valence-electron chi connectivity index (χ2n) is 5.92. The van der Waals surface area contributed by atoms with Crippen molar-refractivity contribution in [2.75, 3.05) is 22.9 Å². The van der Waals surface area contributed by atoms with Crippen LogP contribution in [0.3, 0.4) is 0 Å². The number of nitrogen functional groups attached to an aromatic ring is 1. The van der Waals surface area contributed by atoms with E-state index in [4.69, 9.17) is 5.73 Å². The summed E-state index contributed by atoms with van der Waals surface area (Å²) < 4.78 is 1.07. The van der Waals surface area contributed by atoms with Crippen molar-refractivity contribution < 1.29 is 0 Å². The molecular weight excluding hydrogens is 392 g/mol. The number of nitrogens with zero attached hydrogens (tertiary/aromatic N) is 3.